The van der Waals surface area contributed by atoms with Gasteiger partial charge in [-0.15, -0.1) is 0 Å². The minimum Gasteiger partial charge on any atom is -0.495 e. The van der Waals surface area contributed by atoms with E-state index in [0.29, 0.717) is 43.3 Å². The summed E-state index contributed by atoms with van der Waals surface area (Å²) in [5, 5.41) is 0.264. The molecule has 0 aliphatic carbocycles. The Balaban J connectivity index is 1.32. The molecule has 0 unspecified atom stereocenters. The Kier molecular flexibility index (Phi) is 5.66. The van der Waals surface area contributed by atoms with Crippen LogP contribution >= 0.6 is 11.6 Å². The van der Waals surface area contributed by atoms with Crippen molar-refractivity contribution in [2.45, 2.75) is 23.8 Å². The first-order chi connectivity index (χ1) is 17.5. The number of nitrogens with zero attached hydrogens (tertiary/aromatic N) is 5. The minimum atomic E-state index is -3.69. The maximum absolute atomic E-state index is 13.3. The number of fused-ring (bicyclic) bond motifs is 2. The van der Waals surface area contributed by atoms with Crippen molar-refractivity contribution in [2.24, 2.45) is 0 Å². The summed E-state index contributed by atoms with van der Waals surface area (Å²) in [7, 11) is -2.20. The second-order valence-electron chi connectivity index (χ2n) is 8.69. The molecule has 3 aromatic heterocycles. The van der Waals surface area contributed by atoms with Gasteiger partial charge in [0.25, 0.3) is 0 Å². The number of para-hydroxylation sites is 2. The van der Waals surface area contributed by atoms with Crippen molar-refractivity contribution < 1.29 is 13.2 Å². The number of ether oxygens (including phenoxy) is 1. The molecule has 4 heterocycles. The van der Waals surface area contributed by atoms with Crippen LogP contribution in [0.1, 0.15) is 18.9 Å². The van der Waals surface area contributed by atoms with Crippen LogP contribution in [0.3, 0.4) is 0 Å². The van der Waals surface area contributed by atoms with Gasteiger partial charge in [-0.2, -0.15) is 4.31 Å². The van der Waals surface area contributed by atoms with Gasteiger partial charge >= 0.3 is 0 Å². The number of H-pyrrole nitrogens is 1. The summed E-state index contributed by atoms with van der Waals surface area (Å²) in [4.78, 5) is 17.7. The summed E-state index contributed by atoms with van der Waals surface area (Å²) in [6, 6.07) is 16.2. The molecule has 5 aromatic rings. The van der Waals surface area contributed by atoms with Crippen molar-refractivity contribution >= 4 is 43.8 Å². The summed E-state index contributed by atoms with van der Waals surface area (Å²) in [6.07, 6.45) is 2.96. The predicted molar refractivity (Wildman–Crippen MR) is 138 cm³/mol. The van der Waals surface area contributed by atoms with E-state index in [-0.39, 0.29) is 16.0 Å². The fourth-order valence-electron chi connectivity index (χ4n) is 4.80. The Bertz CT molecular complexity index is 1660. The normalized spacial score (nSPS) is 15.6. The van der Waals surface area contributed by atoms with Crippen LogP contribution in [0.4, 0.5) is 0 Å². The number of piperidine rings is 1. The molecule has 1 saturated heterocycles. The van der Waals surface area contributed by atoms with Gasteiger partial charge in [-0.1, -0.05) is 23.7 Å². The highest BCUT2D eigenvalue weighted by atomic mass is 35.5. The number of benzene rings is 2. The van der Waals surface area contributed by atoms with E-state index in [1.54, 1.807) is 12.3 Å². The Morgan fingerprint density at radius 2 is 1.81 bits per heavy atom. The molecule has 9 nitrogen and oxygen atoms in total. The second kappa shape index (κ2) is 8.88. The summed E-state index contributed by atoms with van der Waals surface area (Å²) < 4.78 is 35.4. The van der Waals surface area contributed by atoms with Crippen molar-refractivity contribution in [1.29, 1.82) is 0 Å². The van der Waals surface area contributed by atoms with Crippen molar-refractivity contribution in [3.8, 4) is 17.4 Å². The maximum Gasteiger partial charge on any atom is 0.243 e. The topological polar surface area (TPSA) is 106 Å². The molecule has 1 fully saturated rings. The number of aromatic nitrogens is 5. The Labute approximate surface area is 212 Å². The van der Waals surface area contributed by atoms with Crippen molar-refractivity contribution in [3.05, 3.63) is 65.8 Å². The number of imidazole rings is 2. The number of sulfonamides is 1. The fraction of sp³-hybridized carbons (Fsp3) is 0.240. The van der Waals surface area contributed by atoms with Crippen LogP contribution in [0.5, 0.6) is 5.75 Å². The van der Waals surface area contributed by atoms with Crippen LogP contribution in [-0.4, -0.2) is 57.4 Å². The first kappa shape index (κ1) is 23.0. The van der Waals surface area contributed by atoms with Gasteiger partial charge in [0.2, 0.25) is 10.0 Å². The molecule has 1 aliphatic heterocycles. The molecule has 0 saturated carbocycles. The monoisotopic (exact) mass is 522 g/mol. The SMILES string of the molecule is COc1ccc(S(=O)(=O)N2CCC(n3c(-c4nc5ccccc5[nH]4)nc4cccnc43)CC2)cc1Cl. The summed E-state index contributed by atoms with van der Waals surface area (Å²) in [6.45, 7) is 0.728. The van der Waals surface area contributed by atoms with E-state index in [0.717, 1.165) is 22.2 Å². The molecule has 1 N–H and O–H groups in total. The lowest BCUT2D eigenvalue weighted by atomic mass is 10.1. The number of halogens is 1. The van der Waals surface area contributed by atoms with E-state index >= 15 is 0 Å². The number of hydrogen-bond donors (Lipinski definition) is 1. The third-order valence-corrected chi connectivity index (χ3v) is 8.79. The molecule has 0 atom stereocenters. The number of pyridine rings is 1. The van der Waals surface area contributed by atoms with Gasteiger partial charge in [-0.05, 0) is 55.3 Å². The predicted octanol–water partition coefficient (Wildman–Crippen LogP) is 4.66. The largest absolute Gasteiger partial charge is 0.495 e. The molecular weight excluding hydrogens is 500 g/mol. The Morgan fingerprint density at radius 3 is 2.56 bits per heavy atom. The number of hydrogen-bond acceptors (Lipinski definition) is 6. The van der Waals surface area contributed by atoms with Gasteiger partial charge < -0.3 is 14.3 Å². The first-order valence-corrected chi connectivity index (χ1v) is 13.4. The molecule has 2 aromatic carbocycles. The number of nitrogens with one attached hydrogen (secondary N) is 1. The standard InChI is InChI=1S/C25H23ClN6O3S/c1-35-22-9-8-17(15-18(22)26)36(33,34)31-13-10-16(11-14-31)32-24-21(7-4-12-27-24)30-25(32)23-28-19-5-2-3-6-20(19)29-23/h2-9,12,15-16H,10-11,13-14H2,1H3,(H,28,29). The van der Waals surface area contributed by atoms with Crippen molar-refractivity contribution in [2.75, 3.05) is 20.2 Å². The van der Waals surface area contributed by atoms with Gasteiger partial charge in [0, 0.05) is 25.3 Å². The minimum absolute atomic E-state index is 0.0130. The quantitative estimate of drug-likeness (QED) is 0.360. The second-order valence-corrected chi connectivity index (χ2v) is 11.0. The van der Waals surface area contributed by atoms with Gasteiger partial charge in [0.15, 0.2) is 17.3 Å². The van der Waals surface area contributed by atoms with E-state index in [9.17, 15) is 8.42 Å². The molecule has 36 heavy (non-hydrogen) atoms. The van der Waals surface area contributed by atoms with Gasteiger partial charge in [0.1, 0.15) is 11.3 Å². The van der Waals surface area contributed by atoms with Crippen molar-refractivity contribution in [1.82, 2.24) is 28.8 Å². The van der Waals surface area contributed by atoms with Crippen LogP contribution in [0.2, 0.25) is 5.02 Å². The third kappa shape index (κ3) is 3.82. The molecule has 0 radical (unpaired) electrons. The van der Waals surface area contributed by atoms with Crippen LogP contribution in [0.15, 0.2) is 65.7 Å². The molecule has 0 amide bonds. The highest BCUT2D eigenvalue weighted by Crippen LogP contribution is 2.35. The summed E-state index contributed by atoms with van der Waals surface area (Å²) >= 11 is 6.19. The number of methoxy groups -OCH3 is 1. The van der Waals surface area contributed by atoms with E-state index in [1.807, 2.05) is 36.4 Å². The zero-order valence-electron chi connectivity index (χ0n) is 19.4. The van der Waals surface area contributed by atoms with E-state index in [2.05, 4.69) is 14.5 Å². The molecule has 0 spiro atoms. The van der Waals surface area contributed by atoms with E-state index in [4.69, 9.17) is 26.3 Å². The number of rotatable bonds is 5. The number of aromatic amines is 1. The van der Waals surface area contributed by atoms with Gasteiger partial charge in [-0.25, -0.2) is 23.4 Å². The molecular formula is C25H23ClN6O3S. The van der Waals surface area contributed by atoms with Crippen LogP contribution in [0.25, 0.3) is 33.8 Å². The fourth-order valence-corrected chi connectivity index (χ4v) is 6.62. The highest BCUT2D eigenvalue weighted by Gasteiger charge is 2.32. The van der Waals surface area contributed by atoms with Crippen LogP contribution in [-0.2, 0) is 10.0 Å². The lowest BCUT2D eigenvalue weighted by Gasteiger charge is -2.32. The zero-order chi connectivity index (χ0) is 24.9. The molecule has 0 bridgehead atoms. The smallest absolute Gasteiger partial charge is 0.243 e. The van der Waals surface area contributed by atoms with Crippen LogP contribution < -0.4 is 4.74 Å². The lowest BCUT2D eigenvalue weighted by molar-refractivity contribution is 0.278. The van der Waals surface area contributed by atoms with Crippen molar-refractivity contribution in [3.63, 3.8) is 0 Å². The Hall–Kier alpha value is -3.47. The zero-order valence-corrected chi connectivity index (χ0v) is 21.0. The maximum atomic E-state index is 13.3. The lowest BCUT2D eigenvalue weighted by Crippen LogP contribution is -2.39. The average molecular weight is 523 g/mol. The van der Waals surface area contributed by atoms with Crippen LogP contribution in [0, 0.1) is 0 Å². The third-order valence-electron chi connectivity index (χ3n) is 6.60. The van der Waals surface area contributed by atoms with Gasteiger partial charge in [0.05, 0.1) is 28.1 Å². The first-order valence-electron chi connectivity index (χ1n) is 11.6. The molecule has 1 aliphatic rings. The van der Waals surface area contributed by atoms with E-state index < -0.39 is 10.0 Å². The van der Waals surface area contributed by atoms with Gasteiger partial charge in [-0.3, -0.25) is 0 Å². The molecule has 184 valence electrons. The highest BCUT2D eigenvalue weighted by molar-refractivity contribution is 7.89. The Morgan fingerprint density at radius 1 is 1.03 bits per heavy atom. The molecule has 6 rings (SSSR count). The summed E-state index contributed by atoms with van der Waals surface area (Å²) in [5.41, 5.74) is 3.32. The molecule has 11 heteroatoms. The van der Waals surface area contributed by atoms with E-state index in [1.165, 1.54) is 23.5 Å². The average Bonchev–Trinajstić information content (AvgIpc) is 3.50. The summed E-state index contributed by atoms with van der Waals surface area (Å²) in [5.74, 6) is 1.80.